The van der Waals surface area contributed by atoms with Crippen LogP contribution in [-0.2, 0) is 0 Å². The molecule has 0 aromatic rings. The molecule has 1 N–H and O–H groups in total. The minimum atomic E-state index is 0.630. The van der Waals surface area contributed by atoms with Crippen LogP contribution in [-0.4, -0.2) is 84.4 Å². The molecule has 0 heterocycles. The second-order valence-electron chi connectivity index (χ2n) is 4.98. The van der Waals surface area contributed by atoms with Crippen LogP contribution in [0.4, 0.5) is 0 Å². The Hall–Kier alpha value is -0.500. The van der Waals surface area contributed by atoms with Crippen LogP contribution in [0.5, 0.6) is 0 Å². The highest BCUT2D eigenvalue weighted by atomic mass is 32.1. The van der Waals surface area contributed by atoms with Crippen molar-refractivity contribution in [3.05, 3.63) is 0 Å². The van der Waals surface area contributed by atoms with Crippen LogP contribution in [0, 0.1) is 0 Å². The predicted octanol–water partition coefficient (Wildman–Crippen LogP) is 1.22. The lowest BCUT2D eigenvalue weighted by molar-refractivity contribution is 0.104. The molecule has 0 fully saturated rings. The molecular weight excluding hydrogens is 290 g/mol. The van der Waals surface area contributed by atoms with Crippen LogP contribution in [0.25, 0.3) is 0 Å². The molecule has 0 aliphatic heterocycles. The first-order valence-corrected chi connectivity index (χ1v) is 7.84. The molecular formula is C13H29N5S2. The summed E-state index contributed by atoms with van der Waals surface area (Å²) < 4.78 is 0. The average Bonchev–Trinajstić information content (AvgIpc) is 2.38. The first-order chi connectivity index (χ1) is 9.33. The zero-order valence-electron chi connectivity index (χ0n) is 13.6. The van der Waals surface area contributed by atoms with Crippen molar-refractivity contribution in [2.45, 2.75) is 20.3 Å². The summed E-state index contributed by atoms with van der Waals surface area (Å²) in [5.41, 5.74) is 0. The summed E-state index contributed by atoms with van der Waals surface area (Å²) in [7, 11) is 7.78. The van der Waals surface area contributed by atoms with Crippen molar-refractivity contribution >= 4 is 34.7 Å². The molecule has 5 nitrogen and oxygen atoms in total. The summed E-state index contributed by atoms with van der Waals surface area (Å²) in [6.45, 7) is 8.52. The lowest BCUT2D eigenvalue weighted by Crippen LogP contribution is -2.51. The summed E-state index contributed by atoms with van der Waals surface area (Å²) in [5.74, 6) is 0. The summed E-state index contributed by atoms with van der Waals surface area (Å²) in [4.78, 5) is 4.25. The lowest BCUT2D eigenvalue weighted by atomic mass is 10.3. The fourth-order valence-corrected chi connectivity index (χ4v) is 2.25. The van der Waals surface area contributed by atoms with Gasteiger partial charge in [-0.3, -0.25) is 5.01 Å². The van der Waals surface area contributed by atoms with Gasteiger partial charge in [0.05, 0.1) is 0 Å². The van der Waals surface area contributed by atoms with Crippen molar-refractivity contribution in [2.24, 2.45) is 0 Å². The van der Waals surface area contributed by atoms with Crippen LogP contribution in [0.1, 0.15) is 20.3 Å². The van der Waals surface area contributed by atoms with Crippen LogP contribution in [0.2, 0.25) is 0 Å². The van der Waals surface area contributed by atoms with Gasteiger partial charge in [-0.15, -0.1) is 0 Å². The Balaban J connectivity index is 4.35. The Labute approximate surface area is 134 Å². The molecule has 118 valence electrons. The molecule has 0 aromatic heterocycles. The number of nitrogens with zero attached hydrogens (tertiary/aromatic N) is 4. The zero-order chi connectivity index (χ0) is 15.7. The number of hydrazine groups is 1. The molecule has 0 unspecified atom stereocenters. The Kier molecular flexibility index (Phi) is 10.0. The molecule has 7 heteroatoms. The van der Waals surface area contributed by atoms with E-state index < -0.39 is 0 Å². The maximum Gasteiger partial charge on any atom is 0.189 e. The van der Waals surface area contributed by atoms with E-state index in [0.29, 0.717) is 10.2 Å². The van der Waals surface area contributed by atoms with Crippen LogP contribution >= 0.6 is 24.4 Å². The van der Waals surface area contributed by atoms with Crippen LogP contribution < -0.4 is 5.32 Å². The quantitative estimate of drug-likeness (QED) is 0.556. The minimum absolute atomic E-state index is 0.630. The van der Waals surface area contributed by atoms with E-state index in [1.807, 2.05) is 43.1 Å². The fraction of sp³-hybridized carbons (Fsp3) is 0.846. The smallest absolute Gasteiger partial charge is 0.189 e. The molecule has 0 aromatic carbocycles. The molecule has 0 radical (unpaired) electrons. The van der Waals surface area contributed by atoms with E-state index in [2.05, 4.69) is 24.1 Å². The second-order valence-corrected chi connectivity index (χ2v) is 5.75. The number of hydrogen-bond acceptors (Lipinski definition) is 4. The zero-order valence-corrected chi connectivity index (χ0v) is 15.3. The molecule has 0 spiro atoms. The van der Waals surface area contributed by atoms with Crippen LogP contribution in [0.15, 0.2) is 0 Å². The van der Waals surface area contributed by atoms with E-state index >= 15 is 0 Å². The maximum absolute atomic E-state index is 5.43. The summed E-state index contributed by atoms with van der Waals surface area (Å²) in [5, 5.41) is 8.40. The van der Waals surface area contributed by atoms with Gasteiger partial charge in [-0.2, -0.15) is 0 Å². The van der Waals surface area contributed by atoms with Gasteiger partial charge >= 0.3 is 0 Å². The van der Waals surface area contributed by atoms with Gasteiger partial charge in [-0.25, -0.2) is 5.01 Å². The number of nitrogens with one attached hydrogen (secondary N) is 1. The van der Waals surface area contributed by atoms with Gasteiger partial charge in [0.25, 0.3) is 0 Å². The first kappa shape index (κ1) is 19.5. The van der Waals surface area contributed by atoms with Gasteiger partial charge in [0.1, 0.15) is 0 Å². The average molecular weight is 320 g/mol. The van der Waals surface area contributed by atoms with Crippen molar-refractivity contribution in [3.63, 3.8) is 0 Å². The van der Waals surface area contributed by atoms with E-state index in [-0.39, 0.29) is 0 Å². The van der Waals surface area contributed by atoms with E-state index in [1.165, 1.54) is 0 Å². The van der Waals surface area contributed by atoms with Crippen LogP contribution in [0.3, 0.4) is 0 Å². The van der Waals surface area contributed by atoms with E-state index in [4.69, 9.17) is 24.4 Å². The normalized spacial score (nSPS) is 10.8. The Morgan fingerprint density at radius 3 is 1.85 bits per heavy atom. The van der Waals surface area contributed by atoms with E-state index in [1.54, 1.807) is 0 Å². The van der Waals surface area contributed by atoms with E-state index in [9.17, 15) is 0 Å². The molecule has 0 amide bonds. The first-order valence-electron chi connectivity index (χ1n) is 7.02. The van der Waals surface area contributed by atoms with Gasteiger partial charge in [0, 0.05) is 34.7 Å². The highest BCUT2D eigenvalue weighted by Crippen LogP contribution is 1.99. The van der Waals surface area contributed by atoms with Gasteiger partial charge in [0.15, 0.2) is 10.2 Å². The Morgan fingerprint density at radius 1 is 0.900 bits per heavy atom. The standard InChI is InChI=1S/C13H29N5S2/c1-7-17(8-2)10-9-11-18(16(5)6)13(20)14-12(19)15(3)4/h7-11H2,1-6H3,(H,14,19,20). The van der Waals surface area contributed by atoms with Crippen molar-refractivity contribution in [3.8, 4) is 0 Å². The number of thiocarbonyl (C=S) groups is 2. The third-order valence-corrected chi connectivity index (χ3v) is 3.86. The number of rotatable bonds is 7. The van der Waals surface area contributed by atoms with Gasteiger partial charge in [-0.05, 0) is 50.5 Å². The maximum atomic E-state index is 5.43. The lowest BCUT2D eigenvalue weighted by Gasteiger charge is -2.33. The third kappa shape index (κ3) is 7.33. The Morgan fingerprint density at radius 2 is 1.45 bits per heavy atom. The highest BCUT2D eigenvalue weighted by Gasteiger charge is 2.14. The molecule has 0 aliphatic carbocycles. The molecule has 20 heavy (non-hydrogen) atoms. The summed E-state index contributed by atoms with van der Waals surface area (Å²) in [6.07, 6.45) is 1.07. The largest absolute Gasteiger partial charge is 0.355 e. The van der Waals surface area contributed by atoms with Crippen molar-refractivity contribution in [1.82, 2.24) is 25.1 Å². The Bertz CT molecular complexity index is 303. The molecule has 0 atom stereocenters. The molecule has 0 bridgehead atoms. The molecule has 0 saturated carbocycles. The van der Waals surface area contributed by atoms with Crippen molar-refractivity contribution in [1.29, 1.82) is 0 Å². The van der Waals surface area contributed by atoms with Gasteiger partial charge < -0.3 is 15.1 Å². The monoisotopic (exact) mass is 319 g/mol. The summed E-state index contributed by atoms with van der Waals surface area (Å²) in [6, 6.07) is 0. The SMILES string of the molecule is CCN(CC)CCCN(C(=S)NC(=S)N(C)C)N(C)C. The molecule has 0 rings (SSSR count). The fourth-order valence-electron chi connectivity index (χ4n) is 1.73. The van der Waals surface area contributed by atoms with Gasteiger partial charge in [0.2, 0.25) is 0 Å². The van der Waals surface area contributed by atoms with Crippen molar-refractivity contribution in [2.75, 3.05) is 54.4 Å². The van der Waals surface area contributed by atoms with Gasteiger partial charge in [-0.1, -0.05) is 13.8 Å². The van der Waals surface area contributed by atoms with Crippen molar-refractivity contribution < 1.29 is 0 Å². The predicted molar refractivity (Wildman–Crippen MR) is 94.8 cm³/mol. The minimum Gasteiger partial charge on any atom is -0.355 e. The topological polar surface area (TPSA) is 25.0 Å². The summed E-state index contributed by atoms with van der Waals surface area (Å²) >= 11 is 10.7. The van der Waals surface area contributed by atoms with E-state index in [0.717, 1.165) is 32.6 Å². The molecule has 0 aliphatic rings. The molecule has 0 saturated heterocycles. The highest BCUT2D eigenvalue weighted by molar-refractivity contribution is 7.81. The third-order valence-electron chi connectivity index (χ3n) is 3.08. The second kappa shape index (κ2) is 10.3. The number of hydrogen-bond donors (Lipinski definition) is 1.